The third kappa shape index (κ3) is 3.22. The zero-order valence-corrected chi connectivity index (χ0v) is 13.9. The zero-order chi connectivity index (χ0) is 17.3. The van der Waals surface area contributed by atoms with E-state index in [2.05, 4.69) is 15.3 Å². The summed E-state index contributed by atoms with van der Waals surface area (Å²) in [4.78, 5) is 8.31. The Morgan fingerprint density at radius 1 is 1.38 bits per heavy atom. The van der Waals surface area contributed by atoms with Gasteiger partial charge in [-0.3, -0.25) is 0 Å². The molecule has 0 aliphatic carbocycles. The van der Waals surface area contributed by atoms with E-state index in [0.717, 1.165) is 18.0 Å². The average molecular weight is 347 g/mol. The minimum absolute atomic E-state index is 0.214. The van der Waals surface area contributed by atoms with Gasteiger partial charge in [-0.2, -0.15) is 0 Å². The van der Waals surface area contributed by atoms with Crippen LogP contribution in [0.15, 0.2) is 23.4 Å². The molecule has 0 saturated carbocycles. The summed E-state index contributed by atoms with van der Waals surface area (Å²) in [6.45, 7) is 0.806. The van der Waals surface area contributed by atoms with E-state index in [1.807, 2.05) is 0 Å². The number of ether oxygens (including phenoxy) is 1. The highest BCUT2D eigenvalue weighted by atomic mass is 32.2. The number of nitrogen functional groups attached to an aromatic ring is 1. The first-order valence-corrected chi connectivity index (χ1v) is 9.12. The van der Waals surface area contributed by atoms with Crippen LogP contribution < -0.4 is 11.1 Å². The molecule has 0 radical (unpaired) electrons. The number of benzene rings is 1. The van der Waals surface area contributed by atoms with Crippen molar-refractivity contribution in [2.75, 3.05) is 23.9 Å². The van der Waals surface area contributed by atoms with E-state index in [-0.39, 0.29) is 5.16 Å². The number of nitrogens with one attached hydrogen (secondary N) is 2. The molecular formula is C15H17N5O3S. The lowest BCUT2D eigenvalue weighted by Gasteiger charge is -2.20. The van der Waals surface area contributed by atoms with Crippen LogP contribution in [0.3, 0.4) is 0 Å². The van der Waals surface area contributed by atoms with Crippen molar-refractivity contribution >= 4 is 33.2 Å². The largest absolute Gasteiger partial charge is 0.398 e. The molecule has 0 atom stereocenters. The van der Waals surface area contributed by atoms with Gasteiger partial charge >= 0.3 is 0 Å². The molecule has 3 rings (SSSR count). The van der Waals surface area contributed by atoms with Gasteiger partial charge in [0.05, 0.1) is 18.9 Å². The monoisotopic (exact) mass is 347 g/mol. The molecule has 24 heavy (non-hydrogen) atoms. The minimum atomic E-state index is -3.53. The highest BCUT2D eigenvalue weighted by Gasteiger charge is 2.22. The fraction of sp³-hybridized carbons (Fsp3) is 0.267. The SMILES string of the molecule is CS(=O)(=O)c1nc2c(c(Nc3ccc(N)c(C=N)c3)n1)COCC2. The van der Waals surface area contributed by atoms with Crippen molar-refractivity contribution in [2.24, 2.45) is 0 Å². The summed E-state index contributed by atoms with van der Waals surface area (Å²) in [5.74, 6) is 0.390. The smallest absolute Gasteiger partial charge is 0.249 e. The van der Waals surface area contributed by atoms with Gasteiger partial charge in [0.2, 0.25) is 15.0 Å². The molecule has 2 heterocycles. The number of hydrogen-bond donors (Lipinski definition) is 3. The molecule has 0 saturated heterocycles. The Balaban J connectivity index is 2.08. The summed E-state index contributed by atoms with van der Waals surface area (Å²) >= 11 is 0. The van der Waals surface area contributed by atoms with Crippen LogP contribution in [0.1, 0.15) is 16.8 Å². The lowest BCUT2D eigenvalue weighted by molar-refractivity contribution is 0.109. The quantitative estimate of drug-likeness (QED) is 0.431. The predicted octanol–water partition coefficient (Wildman–Crippen LogP) is 1.28. The summed E-state index contributed by atoms with van der Waals surface area (Å²) in [6, 6.07) is 5.10. The molecule has 1 aromatic carbocycles. The summed E-state index contributed by atoms with van der Waals surface area (Å²) in [5.41, 5.74) is 8.88. The molecule has 4 N–H and O–H groups in total. The number of rotatable bonds is 4. The first-order chi connectivity index (χ1) is 11.4. The highest BCUT2D eigenvalue weighted by molar-refractivity contribution is 7.90. The van der Waals surface area contributed by atoms with Crippen LogP contribution in [-0.4, -0.2) is 37.5 Å². The van der Waals surface area contributed by atoms with Crippen LogP contribution >= 0.6 is 0 Å². The summed E-state index contributed by atoms with van der Waals surface area (Å²) in [7, 11) is -3.53. The fourth-order valence-electron chi connectivity index (χ4n) is 2.39. The second-order valence-electron chi connectivity index (χ2n) is 5.47. The molecule has 126 valence electrons. The zero-order valence-electron chi connectivity index (χ0n) is 13.0. The summed E-state index contributed by atoms with van der Waals surface area (Å²) in [5, 5.41) is 10.2. The first-order valence-electron chi connectivity index (χ1n) is 7.23. The van der Waals surface area contributed by atoms with E-state index in [0.29, 0.717) is 48.1 Å². The number of hydrogen-bond acceptors (Lipinski definition) is 8. The van der Waals surface area contributed by atoms with E-state index in [9.17, 15) is 8.42 Å². The predicted molar refractivity (Wildman–Crippen MR) is 90.5 cm³/mol. The van der Waals surface area contributed by atoms with Gasteiger partial charge in [0.1, 0.15) is 5.82 Å². The Morgan fingerprint density at radius 2 is 2.17 bits per heavy atom. The van der Waals surface area contributed by atoms with Crippen molar-refractivity contribution in [3.05, 3.63) is 35.0 Å². The fourth-order valence-corrected chi connectivity index (χ4v) is 2.93. The molecule has 0 spiro atoms. The Kier molecular flexibility index (Phi) is 4.20. The molecule has 0 bridgehead atoms. The second-order valence-corrected chi connectivity index (χ2v) is 7.38. The molecule has 0 unspecified atom stereocenters. The van der Waals surface area contributed by atoms with Crippen LogP contribution in [0.2, 0.25) is 0 Å². The standard InChI is InChI=1S/C15H17N5O3S/c1-24(21,22)15-19-13-4-5-23-8-11(13)14(20-15)18-10-2-3-12(17)9(6-10)7-16/h2-3,6-7,16H,4-5,8,17H2,1H3,(H,18,19,20). The molecule has 0 amide bonds. The number of aromatic nitrogens is 2. The van der Waals surface area contributed by atoms with E-state index in [1.165, 1.54) is 0 Å². The van der Waals surface area contributed by atoms with Gasteiger partial charge in [-0.15, -0.1) is 0 Å². The topological polar surface area (TPSA) is 131 Å². The molecule has 1 aliphatic heterocycles. The number of anilines is 3. The molecule has 1 aliphatic rings. The first kappa shape index (κ1) is 16.3. The van der Waals surface area contributed by atoms with Gasteiger partial charge in [0.15, 0.2) is 0 Å². The van der Waals surface area contributed by atoms with Gasteiger partial charge in [-0.25, -0.2) is 18.4 Å². The van der Waals surface area contributed by atoms with E-state index in [4.69, 9.17) is 15.9 Å². The maximum Gasteiger partial charge on any atom is 0.249 e. The summed E-state index contributed by atoms with van der Waals surface area (Å²) in [6.07, 6.45) is 2.76. The third-order valence-electron chi connectivity index (χ3n) is 3.64. The Morgan fingerprint density at radius 3 is 2.88 bits per heavy atom. The van der Waals surface area contributed by atoms with Gasteiger partial charge in [-0.05, 0) is 18.2 Å². The lowest BCUT2D eigenvalue weighted by Crippen LogP contribution is -2.18. The van der Waals surface area contributed by atoms with Crippen molar-refractivity contribution in [2.45, 2.75) is 18.2 Å². The van der Waals surface area contributed by atoms with Crippen LogP contribution in [0, 0.1) is 5.41 Å². The van der Waals surface area contributed by atoms with Gasteiger partial charge in [-0.1, -0.05) is 0 Å². The maximum atomic E-state index is 11.8. The Labute approximate surface area is 139 Å². The minimum Gasteiger partial charge on any atom is -0.398 e. The second kappa shape index (κ2) is 6.17. The van der Waals surface area contributed by atoms with Crippen LogP contribution in [0.5, 0.6) is 0 Å². The number of fused-ring (bicyclic) bond motifs is 1. The van der Waals surface area contributed by atoms with Gasteiger partial charge in [0, 0.05) is 41.4 Å². The molecule has 8 nitrogen and oxygen atoms in total. The number of nitrogens with zero attached hydrogens (tertiary/aromatic N) is 2. The molecule has 9 heteroatoms. The van der Waals surface area contributed by atoms with Crippen molar-refractivity contribution in [1.29, 1.82) is 5.41 Å². The Hall–Kier alpha value is -2.52. The molecule has 2 aromatic rings. The molecule has 0 fully saturated rings. The van der Waals surface area contributed by atoms with Crippen LogP contribution in [-0.2, 0) is 27.6 Å². The average Bonchev–Trinajstić information content (AvgIpc) is 2.55. The van der Waals surface area contributed by atoms with E-state index < -0.39 is 9.84 Å². The van der Waals surface area contributed by atoms with Crippen molar-refractivity contribution in [3.8, 4) is 0 Å². The molecule has 1 aromatic heterocycles. The van der Waals surface area contributed by atoms with Crippen LogP contribution in [0.25, 0.3) is 0 Å². The summed E-state index contributed by atoms with van der Waals surface area (Å²) < 4.78 is 29.1. The number of nitrogens with two attached hydrogens (primary N) is 1. The van der Waals surface area contributed by atoms with Crippen molar-refractivity contribution in [1.82, 2.24) is 9.97 Å². The number of sulfone groups is 1. The maximum absolute atomic E-state index is 11.8. The Bertz CT molecular complexity index is 912. The van der Waals surface area contributed by atoms with Crippen molar-refractivity contribution in [3.63, 3.8) is 0 Å². The van der Waals surface area contributed by atoms with Gasteiger partial charge < -0.3 is 21.2 Å². The highest BCUT2D eigenvalue weighted by Crippen LogP contribution is 2.27. The lowest BCUT2D eigenvalue weighted by atomic mass is 10.1. The van der Waals surface area contributed by atoms with E-state index in [1.54, 1.807) is 18.2 Å². The van der Waals surface area contributed by atoms with Crippen molar-refractivity contribution < 1.29 is 13.2 Å². The van der Waals surface area contributed by atoms with Gasteiger partial charge in [0.25, 0.3) is 0 Å². The molecular weight excluding hydrogens is 330 g/mol. The normalized spacial score (nSPS) is 14.0. The van der Waals surface area contributed by atoms with Crippen LogP contribution in [0.4, 0.5) is 17.2 Å². The van der Waals surface area contributed by atoms with E-state index >= 15 is 0 Å². The third-order valence-corrected chi connectivity index (χ3v) is 4.48.